The Hall–Kier alpha value is -2.97. The molecule has 3 rings (SSSR count). The molecule has 0 spiro atoms. The molecule has 0 aliphatic heterocycles. The van der Waals surface area contributed by atoms with Crippen molar-refractivity contribution in [2.45, 2.75) is 25.9 Å². The number of aryl methyl sites for hydroxylation is 1. The van der Waals surface area contributed by atoms with E-state index in [1.807, 2.05) is 48.5 Å². The maximum atomic E-state index is 11.6. The summed E-state index contributed by atoms with van der Waals surface area (Å²) in [5.74, 6) is -0.0787. The van der Waals surface area contributed by atoms with Crippen LogP contribution >= 0.6 is 0 Å². The van der Waals surface area contributed by atoms with Crippen LogP contribution in [0.25, 0.3) is 11.1 Å². The average molecular weight is 356 g/mol. The van der Waals surface area contributed by atoms with Gasteiger partial charge >= 0.3 is 0 Å². The quantitative estimate of drug-likeness (QED) is 0.432. The Balaban J connectivity index is 1.76. The molecule has 27 heavy (non-hydrogen) atoms. The van der Waals surface area contributed by atoms with Crippen molar-refractivity contribution in [3.05, 3.63) is 108 Å². The fourth-order valence-corrected chi connectivity index (χ4v) is 3.15. The Kier molecular flexibility index (Phi) is 6.00. The van der Waals surface area contributed by atoms with Crippen molar-refractivity contribution in [2.24, 2.45) is 0 Å². The second-order valence-corrected chi connectivity index (χ2v) is 6.66. The Bertz CT molecular complexity index is 904. The monoisotopic (exact) mass is 356 g/mol. The molecule has 0 fully saturated rings. The van der Waals surface area contributed by atoms with Gasteiger partial charge in [-0.2, -0.15) is 0 Å². The van der Waals surface area contributed by atoms with Gasteiger partial charge in [-0.15, -0.1) is 0 Å². The standard InChI is InChI=1S/C25H24O2/c1-3-5-18-6-8-22(9-7-18)25(27)23-16-12-20(13-17-23)19-10-14-21(15-11-19)24(26)4-2/h4,6-17,25,27H,2-3,5H2,1H3. The van der Waals surface area contributed by atoms with Crippen LogP contribution in [0.2, 0.25) is 0 Å². The smallest absolute Gasteiger partial charge is 0.185 e. The highest BCUT2D eigenvalue weighted by Crippen LogP contribution is 2.26. The third kappa shape index (κ3) is 4.42. The van der Waals surface area contributed by atoms with E-state index in [4.69, 9.17) is 0 Å². The van der Waals surface area contributed by atoms with Gasteiger partial charge in [0.05, 0.1) is 0 Å². The van der Waals surface area contributed by atoms with Crippen LogP contribution in [-0.2, 0) is 6.42 Å². The molecule has 0 bridgehead atoms. The molecule has 0 radical (unpaired) electrons. The molecule has 0 saturated heterocycles. The van der Waals surface area contributed by atoms with E-state index in [-0.39, 0.29) is 5.78 Å². The van der Waals surface area contributed by atoms with Gasteiger partial charge in [0.15, 0.2) is 5.78 Å². The van der Waals surface area contributed by atoms with E-state index < -0.39 is 6.10 Å². The number of hydrogen-bond donors (Lipinski definition) is 1. The van der Waals surface area contributed by atoms with Gasteiger partial charge < -0.3 is 5.11 Å². The summed E-state index contributed by atoms with van der Waals surface area (Å²) in [6.45, 7) is 5.67. The van der Waals surface area contributed by atoms with Crippen LogP contribution in [0.1, 0.15) is 46.5 Å². The molecule has 2 heteroatoms. The van der Waals surface area contributed by atoms with Gasteiger partial charge in [-0.3, -0.25) is 4.79 Å². The van der Waals surface area contributed by atoms with Crippen LogP contribution in [0.5, 0.6) is 0 Å². The molecule has 0 heterocycles. The summed E-state index contributed by atoms with van der Waals surface area (Å²) in [4.78, 5) is 11.6. The van der Waals surface area contributed by atoms with E-state index in [1.54, 1.807) is 12.1 Å². The van der Waals surface area contributed by atoms with Gasteiger partial charge in [0.25, 0.3) is 0 Å². The van der Waals surface area contributed by atoms with Gasteiger partial charge in [-0.05, 0) is 40.3 Å². The molecule has 3 aromatic rings. The summed E-state index contributed by atoms with van der Waals surface area (Å²) in [6, 6.07) is 23.5. The van der Waals surface area contributed by atoms with Crippen LogP contribution in [-0.4, -0.2) is 10.9 Å². The Morgan fingerprint density at radius 1 is 0.889 bits per heavy atom. The van der Waals surface area contributed by atoms with Crippen LogP contribution in [0.3, 0.4) is 0 Å². The number of carbonyl (C=O) groups is 1. The van der Waals surface area contributed by atoms with E-state index in [1.165, 1.54) is 11.6 Å². The summed E-state index contributed by atoms with van der Waals surface area (Å²) in [6.07, 6.45) is 2.86. The minimum Gasteiger partial charge on any atom is -0.384 e. The molecule has 0 aliphatic carbocycles. The summed E-state index contributed by atoms with van der Waals surface area (Å²) in [5, 5.41) is 10.7. The molecule has 1 atom stereocenters. The summed E-state index contributed by atoms with van der Waals surface area (Å²) < 4.78 is 0. The number of aliphatic hydroxyl groups is 1. The van der Waals surface area contributed by atoms with Crippen molar-refractivity contribution >= 4 is 5.78 Å². The van der Waals surface area contributed by atoms with E-state index >= 15 is 0 Å². The first-order chi connectivity index (χ1) is 13.1. The molecular weight excluding hydrogens is 332 g/mol. The largest absolute Gasteiger partial charge is 0.384 e. The summed E-state index contributed by atoms with van der Waals surface area (Å²) in [5.41, 5.74) is 5.76. The number of hydrogen-bond acceptors (Lipinski definition) is 2. The zero-order chi connectivity index (χ0) is 19.2. The Labute approximate surface area is 160 Å². The maximum Gasteiger partial charge on any atom is 0.185 e. The van der Waals surface area contributed by atoms with Crippen LogP contribution in [0, 0.1) is 0 Å². The van der Waals surface area contributed by atoms with Crippen molar-refractivity contribution in [2.75, 3.05) is 0 Å². The number of aliphatic hydroxyl groups excluding tert-OH is 1. The fourth-order valence-electron chi connectivity index (χ4n) is 3.15. The molecule has 2 nitrogen and oxygen atoms in total. The lowest BCUT2D eigenvalue weighted by Crippen LogP contribution is -2.00. The van der Waals surface area contributed by atoms with Gasteiger partial charge in [0.1, 0.15) is 6.10 Å². The van der Waals surface area contributed by atoms with Crippen LogP contribution in [0.4, 0.5) is 0 Å². The van der Waals surface area contributed by atoms with Crippen LogP contribution < -0.4 is 0 Å². The van der Waals surface area contributed by atoms with Crippen molar-refractivity contribution in [3.63, 3.8) is 0 Å². The number of allylic oxidation sites excluding steroid dienone is 1. The van der Waals surface area contributed by atoms with Gasteiger partial charge in [-0.1, -0.05) is 92.7 Å². The summed E-state index contributed by atoms with van der Waals surface area (Å²) >= 11 is 0. The van der Waals surface area contributed by atoms with E-state index in [0.717, 1.165) is 35.1 Å². The first-order valence-corrected chi connectivity index (χ1v) is 9.26. The third-order valence-corrected chi connectivity index (χ3v) is 4.75. The molecule has 3 aromatic carbocycles. The highest BCUT2D eigenvalue weighted by Gasteiger charge is 2.11. The summed E-state index contributed by atoms with van der Waals surface area (Å²) in [7, 11) is 0. The van der Waals surface area contributed by atoms with Gasteiger partial charge in [-0.25, -0.2) is 0 Å². The first kappa shape index (κ1) is 18.8. The van der Waals surface area contributed by atoms with Crippen molar-refractivity contribution in [1.29, 1.82) is 0 Å². The van der Waals surface area contributed by atoms with E-state index in [9.17, 15) is 9.90 Å². The van der Waals surface area contributed by atoms with E-state index in [0.29, 0.717) is 5.56 Å². The minimum atomic E-state index is -0.637. The zero-order valence-corrected chi connectivity index (χ0v) is 15.6. The maximum absolute atomic E-state index is 11.6. The highest BCUT2D eigenvalue weighted by atomic mass is 16.3. The average Bonchev–Trinajstić information content (AvgIpc) is 2.74. The van der Waals surface area contributed by atoms with Crippen molar-refractivity contribution < 1.29 is 9.90 Å². The molecule has 0 saturated carbocycles. The molecule has 0 aliphatic rings. The lowest BCUT2D eigenvalue weighted by atomic mass is 9.96. The van der Waals surface area contributed by atoms with Gasteiger partial charge in [0, 0.05) is 5.56 Å². The zero-order valence-electron chi connectivity index (χ0n) is 15.6. The molecule has 1 N–H and O–H groups in total. The molecule has 136 valence electrons. The lowest BCUT2D eigenvalue weighted by molar-refractivity contribution is 0.104. The predicted molar refractivity (Wildman–Crippen MR) is 111 cm³/mol. The Morgan fingerprint density at radius 2 is 1.37 bits per heavy atom. The van der Waals surface area contributed by atoms with Crippen molar-refractivity contribution in [1.82, 2.24) is 0 Å². The van der Waals surface area contributed by atoms with Crippen LogP contribution in [0.15, 0.2) is 85.5 Å². The topological polar surface area (TPSA) is 37.3 Å². The van der Waals surface area contributed by atoms with Gasteiger partial charge in [0.2, 0.25) is 0 Å². The second-order valence-electron chi connectivity index (χ2n) is 6.66. The molecule has 0 aromatic heterocycles. The third-order valence-electron chi connectivity index (χ3n) is 4.75. The fraction of sp³-hybridized carbons (Fsp3) is 0.160. The normalized spacial score (nSPS) is 11.8. The molecular formula is C25H24O2. The van der Waals surface area contributed by atoms with Crippen molar-refractivity contribution in [3.8, 4) is 11.1 Å². The number of benzene rings is 3. The molecule has 0 amide bonds. The highest BCUT2D eigenvalue weighted by molar-refractivity contribution is 6.04. The first-order valence-electron chi connectivity index (χ1n) is 9.26. The second kappa shape index (κ2) is 8.61. The minimum absolute atomic E-state index is 0.0787. The van der Waals surface area contributed by atoms with E-state index in [2.05, 4.69) is 25.6 Å². The Morgan fingerprint density at radius 3 is 1.85 bits per heavy atom. The lowest BCUT2D eigenvalue weighted by Gasteiger charge is -2.13. The SMILES string of the molecule is C=CC(=O)c1ccc(-c2ccc(C(O)c3ccc(CCC)cc3)cc2)cc1. The number of ketones is 1. The number of carbonyl (C=O) groups excluding carboxylic acids is 1. The predicted octanol–water partition coefficient (Wildman–Crippen LogP) is 5.76. The number of rotatable bonds is 7. The molecule has 1 unspecified atom stereocenters.